The molecule has 1 aliphatic rings. The highest BCUT2D eigenvalue weighted by molar-refractivity contribution is 6.31. The van der Waals surface area contributed by atoms with E-state index in [-0.39, 0.29) is 25.4 Å². The Kier molecular flexibility index (Phi) is 4.87. The lowest BCUT2D eigenvalue weighted by molar-refractivity contribution is -0.129. The van der Waals surface area contributed by atoms with Crippen LogP contribution in [0.5, 0.6) is 5.75 Å². The van der Waals surface area contributed by atoms with Gasteiger partial charge in [-0.15, -0.1) is 0 Å². The number of nitrogens with one attached hydrogen (secondary N) is 1. The van der Waals surface area contributed by atoms with Gasteiger partial charge in [-0.2, -0.15) is 0 Å². The largest absolute Gasteiger partial charge is 0.495 e. The SMILES string of the molecule is COc1ccc(Cl)cc1NC(=O)CN1CCC(F)(C(N)=O)C1. The number of benzene rings is 1. The van der Waals surface area contributed by atoms with Gasteiger partial charge in [-0.3, -0.25) is 14.5 Å². The lowest BCUT2D eigenvalue weighted by atomic mass is 10.1. The molecule has 0 aromatic heterocycles. The third-order valence-corrected chi connectivity index (χ3v) is 3.78. The van der Waals surface area contributed by atoms with E-state index < -0.39 is 11.6 Å². The van der Waals surface area contributed by atoms with Crippen LogP contribution in [0.3, 0.4) is 0 Å². The van der Waals surface area contributed by atoms with Crippen LogP contribution in [0.1, 0.15) is 6.42 Å². The van der Waals surface area contributed by atoms with Crippen molar-refractivity contribution in [2.45, 2.75) is 12.1 Å². The maximum atomic E-state index is 14.0. The van der Waals surface area contributed by atoms with Crippen LogP contribution in [0, 0.1) is 0 Å². The zero-order valence-corrected chi connectivity index (χ0v) is 12.8. The number of hydrogen-bond acceptors (Lipinski definition) is 4. The summed E-state index contributed by atoms with van der Waals surface area (Å²) in [5.74, 6) is -0.877. The molecule has 0 radical (unpaired) electrons. The topological polar surface area (TPSA) is 84.7 Å². The Morgan fingerprint density at radius 1 is 1.55 bits per heavy atom. The predicted molar refractivity (Wildman–Crippen MR) is 80.7 cm³/mol. The van der Waals surface area contributed by atoms with Crippen LogP contribution in [0.25, 0.3) is 0 Å². The van der Waals surface area contributed by atoms with Crippen LogP contribution in [0.4, 0.5) is 10.1 Å². The van der Waals surface area contributed by atoms with E-state index in [0.29, 0.717) is 23.0 Å². The zero-order chi connectivity index (χ0) is 16.3. The van der Waals surface area contributed by atoms with Gasteiger partial charge in [0.05, 0.1) is 19.3 Å². The van der Waals surface area contributed by atoms with Crippen molar-refractivity contribution in [3.63, 3.8) is 0 Å². The second-order valence-corrected chi connectivity index (χ2v) is 5.62. The van der Waals surface area contributed by atoms with Gasteiger partial charge in [-0.1, -0.05) is 11.6 Å². The third-order valence-electron chi connectivity index (χ3n) is 3.54. The van der Waals surface area contributed by atoms with E-state index in [1.54, 1.807) is 18.2 Å². The number of amides is 2. The fourth-order valence-electron chi connectivity index (χ4n) is 2.35. The van der Waals surface area contributed by atoms with Crippen LogP contribution in [-0.4, -0.2) is 49.1 Å². The molecule has 1 unspecified atom stereocenters. The minimum atomic E-state index is -2.06. The standard InChI is InChI=1S/C14H17ClFN3O3/c1-22-11-3-2-9(15)6-10(11)18-12(20)7-19-5-4-14(16,8-19)13(17)21/h2-3,6H,4-5,7-8H2,1H3,(H2,17,21)(H,18,20). The smallest absolute Gasteiger partial charge is 0.256 e. The van der Waals surface area contributed by atoms with Gasteiger partial charge in [-0.05, 0) is 18.2 Å². The first-order valence-corrected chi connectivity index (χ1v) is 7.06. The van der Waals surface area contributed by atoms with Crippen molar-refractivity contribution < 1.29 is 18.7 Å². The Bertz CT molecular complexity index is 599. The molecule has 1 heterocycles. The van der Waals surface area contributed by atoms with E-state index in [0.717, 1.165) is 0 Å². The molecule has 1 aliphatic heterocycles. The molecule has 6 nitrogen and oxygen atoms in total. The number of nitrogens with two attached hydrogens (primary N) is 1. The van der Waals surface area contributed by atoms with Crippen LogP contribution in [-0.2, 0) is 9.59 Å². The number of primary amides is 1. The van der Waals surface area contributed by atoms with Crippen molar-refractivity contribution in [1.82, 2.24) is 4.90 Å². The van der Waals surface area contributed by atoms with Gasteiger partial charge in [0, 0.05) is 24.5 Å². The summed E-state index contributed by atoms with van der Waals surface area (Å²) in [5, 5.41) is 3.11. The van der Waals surface area contributed by atoms with Crippen molar-refractivity contribution >= 4 is 29.1 Å². The van der Waals surface area contributed by atoms with Crippen molar-refractivity contribution in [2.75, 3.05) is 32.1 Å². The molecule has 8 heteroatoms. The predicted octanol–water partition coefficient (Wildman–Crippen LogP) is 1.19. The van der Waals surface area contributed by atoms with Gasteiger partial charge in [0.25, 0.3) is 5.91 Å². The molecule has 0 spiro atoms. The van der Waals surface area contributed by atoms with E-state index in [1.807, 2.05) is 0 Å². The summed E-state index contributed by atoms with van der Waals surface area (Å²) in [6.45, 7) is 0.0661. The number of anilines is 1. The highest BCUT2D eigenvalue weighted by atomic mass is 35.5. The highest BCUT2D eigenvalue weighted by Crippen LogP contribution is 2.28. The zero-order valence-electron chi connectivity index (χ0n) is 12.1. The van der Waals surface area contributed by atoms with Crippen molar-refractivity contribution in [3.05, 3.63) is 23.2 Å². The minimum absolute atomic E-state index is 0.00387. The Morgan fingerprint density at radius 2 is 2.27 bits per heavy atom. The first-order valence-electron chi connectivity index (χ1n) is 6.68. The molecule has 0 aliphatic carbocycles. The normalized spacial score (nSPS) is 21.6. The molecule has 1 fully saturated rings. The first kappa shape index (κ1) is 16.5. The second kappa shape index (κ2) is 6.50. The van der Waals surface area contributed by atoms with Gasteiger partial charge < -0.3 is 15.8 Å². The molecular formula is C14H17ClFN3O3. The van der Waals surface area contributed by atoms with Crippen molar-refractivity contribution in [3.8, 4) is 5.75 Å². The van der Waals surface area contributed by atoms with Crippen LogP contribution in [0.15, 0.2) is 18.2 Å². The average molecular weight is 330 g/mol. The van der Waals surface area contributed by atoms with Crippen LogP contribution < -0.4 is 15.8 Å². The summed E-state index contributed by atoms with van der Waals surface area (Å²) in [6, 6.07) is 4.83. The van der Waals surface area contributed by atoms with Gasteiger partial charge in [-0.25, -0.2) is 4.39 Å². The number of nitrogens with zero attached hydrogens (tertiary/aromatic N) is 1. The van der Waals surface area contributed by atoms with Crippen molar-refractivity contribution in [1.29, 1.82) is 0 Å². The molecule has 2 amide bonds. The summed E-state index contributed by atoms with van der Waals surface area (Å²) in [6.07, 6.45) is -0.00387. The highest BCUT2D eigenvalue weighted by Gasteiger charge is 2.43. The molecule has 2 rings (SSSR count). The Balaban J connectivity index is 1.97. The summed E-state index contributed by atoms with van der Waals surface area (Å²) < 4.78 is 19.2. The number of likely N-dealkylation sites (tertiary alicyclic amines) is 1. The van der Waals surface area contributed by atoms with Gasteiger partial charge in [0.15, 0.2) is 0 Å². The minimum Gasteiger partial charge on any atom is -0.495 e. The van der Waals surface area contributed by atoms with E-state index >= 15 is 0 Å². The number of ether oxygens (including phenoxy) is 1. The van der Waals surface area contributed by atoms with Gasteiger partial charge >= 0.3 is 0 Å². The molecule has 3 N–H and O–H groups in total. The van der Waals surface area contributed by atoms with Crippen molar-refractivity contribution in [2.24, 2.45) is 5.73 Å². The lowest BCUT2D eigenvalue weighted by Crippen LogP contribution is -2.43. The van der Waals surface area contributed by atoms with Crippen LogP contribution >= 0.6 is 11.6 Å². The number of alkyl halides is 1. The summed E-state index contributed by atoms with van der Waals surface area (Å²) in [4.78, 5) is 24.6. The number of methoxy groups -OCH3 is 1. The number of carbonyl (C=O) groups excluding carboxylic acids is 2. The molecule has 1 saturated heterocycles. The number of hydrogen-bond donors (Lipinski definition) is 2. The van der Waals surface area contributed by atoms with Gasteiger partial charge in [0.1, 0.15) is 5.75 Å². The van der Waals surface area contributed by atoms with Crippen LogP contribution in [0.2, 0.25) is 5.02 Å². The Morgan fingerprint density at radius 3 is 2.86 bits per heavy atom. The average Bonchev–Trinajstić information content (AvgIpc) is 2.81. The Hall–Kier alpha value is -1.86. The van der Waals surface area contributed by atoms with E-state index in [1.165, 1.54) is 12.0 Å². The molecule has 22 heavy (non-hydrogen) atoms. The number of carbonyl (C=O) groups is 2. The maximum Gasteiger partial charge on any atom is 0.256 e. The fourth-order valence-corrected chi connectivity index (χ4v) is 2.53. The lowest BCUT2D eigenvalue weighted by Gasteiger charge is -2.18. The molecule has 0 saturated carbocycles. The Labute approximate surface area is 132 Å². The first-order chi connectivity index (χ1) is 10.3. The molecule has 1 aromatic carbocycles. The third kappa shape index (κ3) is 3.66. The molecule has 1 atom stereocenters. The van der Waals surface area contributed by atoms with E-state index in [9.17, 15) is 14.0 Å². The molecule has 120 valence electrons. The molecule has 0 bridgehead atoms. The maximum absolute atomic E-state index is 14.0. The number of halogens is 2. The summed E-state index contributed by atoms with van der Waals surface area (Å²) >= 11 is 5.88. The van der Waals surface area contributed by atoms with E-state index in [2.05, 4.69) is 5.32 Å². The summed E-state index contributed by atoms with van der Waals surface area (Å²) in [7, 11) is 1.48. The quantitative estimate of drug-likeness (QED) is 0.849. The van der Waals surface area contributed by atoms with E-state index in [4.69, 9.17) is 22.1 Å². The summed E-state index contributed by atoms with van der Waals surface area (Å²) in [5.41, 5.74) is 3.40. The van der Waals surface area contributed by atoms with Gasteiger partial charge in [0.2, 0.25) is 11.6 Å². The second-order valence-electron chi connectivity index (χ2n) is 5.18. The number of rotatable bonds is 5. The molecular weight excluding hydrogens is 313 g/mol. The monoisotopic (exact) mass is 329 g/mol. The fraction of sp³-hybridized carbons (Fsp3) is 0.429. The molecule has 1 aromatic rings.